The van der Waals surface area contributed by atoms with Crippen molar-refractivity contribution in [2.75, 3.05) is 11.5 Å². The van der Waals surface area contributed by atoms with Gasteiger partial charge < -0.3 is 11.5 Å². The second-order valence-corrected chi connectivity index (χ2v) is 5.42. The van der Waals surface area contributed by atoms with Gasteiger partial charge in [-0.05, 0) is 23.3 Å². The van der Waals surface area contributed by atoms with E-state index < -0.39 is 5.82 Å². The molecule has 7 heteroatoms. The molecule has 0 bridgehead atoms. The van der Waals surface area contributed by atoms with E-state index in [2.05, 4.69) is 9.97 Å². The summed E-state index contributed by atoms with van der Waals surface area (Å²) in [7, 11) is 0. The van der Waals surface area contributed by atoms with Crippen LogP contribution in [0.5, 0.6) is 0 Å². The Morgan fingerprint density at radius 1 is 0.958 bits per heavy atom. The van der Waals surface area contributed by atoms with Crippen LogP contribution in [0.4, 0.5) is 16.2 Å². The van der Waals surface area contributed by atoms with Gasteiger partial charge in [0.15, 0.2) is 0 Å². The molecule has 0 unspecified atom stereocenters. The van der Waals surface area contributed by atoms with Gasteiger partial charge in [-0.1, -0.05) is 41.9 Å². The molecule has 0 aliphatic heterocycles. The van der Waals surface area contributed by atoms with Crippen molar-refractivity contribution >= 4 is 23.4 Å². The molecule has 5 nitrogen and oxygen atoms in total. The highest BCUT2D eigenvalue weighted by Crippen LogP contribution is 2.29. The van der Waals surface area contributed by atoms with Crippen molar-refractivity contribution in [2.45, 2.75) is 0 Å². The predicted octanol–water partition coefficient (Wildman–Crippen LogP) is 3.64. The number of nitrogens with zero attached hydrogens (tertiary/aromatic N) is 3. The number of anilines is 2. The van der Waals surface area contributed by atoms with Gasteiger partial charge in [0.25, 0.3) is 0 Å². The molecular weight excluding hydrogens is 329 g/mol. The molecule has 0 spiro atoms. The van der Waals surface area contributed by atoms with Crippen LogP contribution >= 0.6 is 11.6 Å². The third-order valence-electron chi connectivity index (χ3n) is 3.48. The van der Waals surface area contributed by atoms with Crippen LogP contribution in [-0.2, 0) is 0 Å². The summed E-state index contributed by atoms with van der Waals surface area (Å²) in [6, 6.07) is 13.6. The van der Waals surface area contributed by atoms with Crippen LogP contribution in [0.3, 0.4) is 0 Å². The fraction of sp³-hybridized carbons (Fsp3) is 0. The summed E-state index contributed by atoms with van der Waals surface area (Å²) in [4.78, 5) is 7.87. The molecule has 0 atom stereocenters. The van der Waals surface area contributed by atoms with Crippen LogP contribution in [0.1, 0.15) is 5.56 Å². The lowest BCUT2D eigenvalue weighted by Crippen LogP contribution is -2.04. The third kappa shape index (κ3) is 2.85. The average Bonchev–Trinajstić information content (AvgIpc) is 2.57. The molecule has 0 aliphatic rings. The Labute approximate surface area is 142 Å². The number of rotatable bonds is 2. The molecule has 0 aliphatic carbocycles. The van der Waals surface area contributed by atoms with Crippen molar-refractivity contribution in [3.8, 4) is 28.5 Å². The summed E-state index contributed by atoms with van der Waals surface area (Å²) >= 11 is 5.69. The van der Waals surface area contributed by atoms with E-state index in [0.29, 0.717) is 16.8 Å². The Bertz CT molecular complexity index is 964. The number of nitrogens with two attached hydrogens (primary N) is 2. The van der Waals surface area contributed by atoms with Gasteiger partial charge in [0.05, 0.1) is 10.7 Å². The van der Waals surface area contributed by atoms with Gasteiger partial charge in [0.2, 0.25) is 5.95 Å². The molecule has 3 rings (SSSR count). The van der Waals surface area contributed by atoms with Crippen molar-refractivity contribution in [1.82, 2.24) is 9.97 Å². The molecule has 0 saturated heterocycles. The molecule has 24 heavy (non-hydrogen) atoms. The Kier molecular flexibility index (Phi) is 4.02. The summed E-state index contributed by atoms with van der Waals surface area (Å²) in [5.74, 6) is -0.462. The molecule has 3 aromatic rings. The molecule has 0 amide bonds. The van der Waals surface area contributed by atoms with Crippen molar-refractivity contribution < 1.29 is 4.39 Å². The number of nitriles is 1. The molecule has 2 aromatic carbocycles. The third-order valence-corrected chi connectivity index (χ3v) is 3.78. The van der Waals surface area contributed by atoms with Gasteiger partial charge >= 0.3 is 0 Å². The first-order valence-corrected chi connectivity index (χ1v) is 7.26. The zero-order valence-electron chi connectivity index (χ0n) is 12.3. The van der Waals surface area contributed by atoms with Crippen LogP contribution in [0.25, 0.3) is 22.4 Å². The monoisotopic (exact) mass is 339 g/mol. The summed E-state index contributed by atoms with van der Waals surface area (Å²) in [5, 5.41) is 9.31. The van der Waals surface area contributed by atoms with Crippen molar-refractivity contribution in [2.24, 2.45) is 0 Å². The maximum absolute atomic E-state index is 13.6. The predicted molar refractivity (Wildman–Crippen MR) is 91.4 cm³/mol. The first-order valence-electron chi connectivity index (χ1n) is 6.88. The van der Waals surface area contributed by atoms with Crippen molar-refractivity contribution in [3.63, 3.8) is 0 Å². The maximum atomic E-state index is 13.6. The second-order valence-electron chi connectivity index (χ2n) is 5.01. The molecule has 0 fully saturated rings. The van der Waals surface area contributed by atoms with E-state index in [1.165, 1.54) is 12.1 Å². The van der Waals surface area contributed by atoms with Crippen LogP contribution in [0, 0.1) is 17.1 Å². The number of hydrogen-bond donors (Lipinski definition) is 2. The lowest BCUT2D eigenvalue weighted by atomic mass is 10.0. The number of hydrogen-bond acceptors (Lipinski definition) is 5. The van der Waals surface area contributed by atoms with Crippen LogP contribution in [0.2, 0.25) is 5.02 Å². The summed E-state index contributed by atoms with van der Waals surface area (Å²) < 4.78 is 13.6. The van der Waals surface area contributed by atoms with Crippen molar-refractivity contribution in [1.29, 1.82) is 5.26 Å². The van der Waals surface area contributed by atoms with Crippen molar-refractivity contribution in [3.05, 3.63) is 58.9 Å². The smallest absolute Gasteiger partial charge is 0.222 e. The first-order chi connectivity index (χ1) is 11.5. The van der Waals surface area contributed by atoms with E-state index in [-0.39, 0.29) is 22.4 Å². The highest BCUT2D eigenvalue weighted by molar-refractivity contribution is 6.30. The Hall–Kier alpha value is -3.17. The van der Waals surface area contributed by atoms with E-state index in [9.17, 15) is 9.65 Å². The molecule has 1 heterocycles. The van der Waals surface area contributed by atoms with E-state index >= 15 is 0 Å². The minimum absolute atomic E-state index is 0.00894. The first kappa shape index (κ1) is 15.7. The van der Waals surface area contributed by atoms with E-state index in [0.717, 1.165) is 5.56 Å². The Balaban J connectivity index is 2.04. The number of nitrogen functional groups attached to an aromatic ring is 2. The maximum Gasteiger partial charge on any atom is 0.222 e. The molecule has 118 valence electrons. The highest BCUT2D eigenvalue weighted by Gasteiger charge is 2.13. The van der Waals surface area contributed by atoms with Gasteiger partial charge in [0, 0.05) is 5.56 Å². The fourth-order valence-corrected chi connectivity index (χ4v) is 2.43. The molecule has 4 N–H and O–H groups in total. The number of halogens is 2. The summed E-state index contributed by atoms with van der Waals surface area (Å²) in [6.07, 6.45) is 0. The highest BCUT2D eigenvalue weighted by atomic mass is 35.5. The Morgan fingerprint density at radius 3 is 2.21 bits per heavy atom. The molecular formula is C17H11ClFN5. The average molecular weight is 340 g/mol. The minimum atomic E-state index is -0.485. The zero-order chi connectivity index (χ0) is 17.3. The Morgan fingerprint density at radius 2 is 1.58 bits per heavy atom. The van der Waals surface area contributed by atoms with Gasteiger partial charge in [-0.15, -0.1) is 0 Å². The van der Waals surface area contributed by atoms with Gasteiger partial charge in [-0.2, -0.15) is 10.2 Å². The summed E-state index contributed by atoms with van der Waals surface area (Å²) in [6.45, 7) is 0. The summed E-state index contributed by atoms with van der Waals surface area (Å²) in [5.41, 5.74) is 14.0. The minimum Gasteiger partial charge on any atom is -0.382 e. The number of aromatic nitrogens is 2. The molecule has 1 aromatic heterocycles. The fourth-order valence-electron chi connectivity index (χ4n) is 2.31. The number of benzene rings is 2. The lowest BCUT2D eigenvalue weighted by Gasteiger charge is -2.08. The normalized spacial score (nSPS) is 10.4. The molecule has 0 saturated carbocycles. The molecule has 0 radical (unpaired) electrons. The van der Waals surface area contributed by atoms with Gasteiger partial charge in [0.1, 0.15) is 23.3 Å². The topological polar surface area (TPSA) is 102 Å². The van der Waals surface area contributed by atoms with Gasteiger partial charge in [-0.25, -0.2) is 9.37 Å². The second kappa shape index (κ2) is 6.14. The zero-order valence-corrected chi connectivity index (χ0v) is 13.0. The SMILES string of the molecule is N#Cc1c(N)nc(N)nc1-c1ccc(-c2ccc(Cl)c(F)c2)cc1. The largest absolute Gasteiger partial charge is 0.382 e. The van der Waals surface area contributed by atoms with E-state index in [4.69, 9.17) is 23.1 Å². The van der Waals surface area contributed by atoms with E-state index in [1.807, 2.05) is 6.07 Å². The van der Waals surface area contributed by atoms with E-state index in [1.54, 1.807) is 30.3 Å². The van der Waals surface area contributed by atoms with Crippen LogP contribution in [0.15, 0.2) is 42.5 Å². The van der Waals surface area contributed by atoms with Crippen LogP contribution < -0.4 is 11.5 Å². The van der Waals surface area contributed by atoms with Gasteiger partial charge in [-0.3, -0.25) is 0 Å². The standard InChI is InChI=1S/C17H11ClFN5/c18-13-6-5-11(7-14(13)19)9-1-3-10(4-2-9)15-12(8-20)16(21)24-17(22)23-15/h1-7H,(H4,21,22,23,24). The quantitative estimate of drug-likeness (QED) is 0.742. The lowest BCUT2D eigenvalue weighted by molar-refractivity contribution is 0.629. The van der Waals surface area contributed by atoms with Crippen LogP contribution in [-0.4, -0.2) is 9.97 Å².